The van der Waals surface area contributed by atoms with E-state index >= 15 is 0 Å². The molecule has 4 nitrogen and oxygen atoms in total. The Morgan fingerprint density at radius 3 is 2.48 bits per heavy atom. The zero-order chi connectivity index (χ0) is 16.8. The summed E-state index contributed by atoms with van der Waals surface area (Å²) in [6.07, 6.45) is 3.55. The molecule has 126 valence electrons. The van der Waals surface area contributed by atoms with E-state index < -0.39 is 0 Å². The molecule has 4 heteroatoms. The van der Waals surface area contributed by atoms with Crippen LogP contribution in [0.4, 0.5) is 0 Å². The highest BCUT2D eigenvalue weighted by molar-refractivity contribution is 5.97. The van der Waals surface area contributed by atoms with E-state index in [0.717, 1.165) is 6.42 Å². The molecule has 0 saturated heterocycles. The molecule has 1 aromatic rings. The van der Waals surface area contributed by atoms with Crippen LogP contribution in [0.15, 0.2) is 18.2 Å². The molecule has 23 heavy (non-hydrogen) atoms. The molecule has 1 aromatic carbocycles. The van der Waals surface area contributed by atoms with Crippen LogP contribution in [0.1, 0.15) is 50.4 Å². The van der Waals surface area contributed by atoms with Gasteiger partial charge in [0.1, 0.15) is 11.5 Å². The van der Waals surface area contributed by atoms with Gasteiger partial charge in [-0.1, -0.05) is 20.8 Å². The fourth-order valence-corrected chi connectivity index (χ4v) is 4.64. The van der Waals surface area contributed by atoms with Crippen LogP contribution in [0.25, 0.3) is 0 Å². The summed E-state index contributed by atoms with van der Waals surface area (Å²) in [5.41, 5.74) is 1.03. The van der Waals surface area contributed by atoms with Crippen molar-refractivity contribution in [3.63, 3.8) is 0 Å². The minimum Gasteiger partial charge on any atom is -0.497 e. The topological polar surface area (TPSA) is 47.6 Å². The van der Waals surface area contributed by atoms with E-state index in [0.29, 0.717) is 23.0 Å². The molecule has 2 bridgehead atoms. The van der Waals surface area contributed by atoms with Gasteiger partial charge in [-0.25, -0.2) is 0 Å². The molecule has 2 fully saturated rings. The third-order valence-electron chi connectivity index (χ3n) is 6.75. The summed E-state index contributed by atoms with van der Waals surface area (Å²) in [5.74, 6) is 1.88. The molecule has 0 aliphatic heterocycles. The summed E-state index contributed by atoms with van der Waals surface area (Å²) < 4.78 is 10.6. The van der Waals surface area contributed by atoms with E-state index in [1.54, 1.807) is 32.4 Å². The first-order chi connectivity index (χ1) is 10.8. The van der Waals surface area contributed by atoms with Crippen LogP contribution in [0.5, 0.6) is 11.5 Å². The number of ether oxygens (including phenoxy) is 2. The van der Waals surface area contributed by atoms with Gasteiger partial charge in [-0.15, -0.1) is 0 Å². The van der Waals surface area contributed by atoms with Gasteiger partial charge in [0.05, 0.1) is 19.8 Å². The zero-order valence-electron chi connectivity index (χ0n) is 14.7. The van der Waals surface area contributed by atoms with Crippen LogP contribution >= 0.6 is 0 Å². The quantitative estimate of drug-likeness (QED) is 0.922. The van der Waals surface area contributed by atoms with Crippen LogP contribution in [-0.4, -0.2) is 26.2 Å². The number of hydrogen-bond acceptors (Lipinski definition) is 3. The van der Waals surface area contributed by atoms with Gasteiger partial charge in [0, 0.05) is 12.1 Å². The monoisotopic (exact) mass is 317 g/mol. The summed E-state index contributed by atoms with van der Waals surface area (Å²) in [4.78, 5) is 12.8. The van der Waals surface area contributed by atoms with Crippen molar-refractivity contribution in [2.45, 2.75) is 46.1 Å². The molecule has 2 aliphatic rings. The van der Waals surface area contributed by atoms with Crippen molar-refractivity contribution < 1.29 is 14.3 Å². The van der Waals surface area contributed by atoms with Crippen molar-refractivity contribution in [2.75, 3.05) is 14.2 Å². The van der Waals surface area contributed by atoms with Crippen LogP contribution in [0.2, 0.25) is 0 Å². The predicted molar refractivity (Wildman–Crippen MR) is 90.0 cm³/mol. The van der Waals surface area contributed by atoms with Crippen LogP contribution in [-0.2, 0) is 0 Å². The second kappa shape index (κ2) is 5.43. The van der Waals surface area contributed by atoms with E-state index in [1.807, 2.05) is 0 Å². The predicted octanol–water partition coefficient (Wildman–Crippen LogP) is 3.65. The number of carbonyl (C=O) groups excluding carboxylic acids is 1. The van der Waals surface area contributed by atoms with Crippen LogP contribution < -0.4 is 14.8 Å². The third-order valence-corrected chi connectivity index (χ3v) is 6.75. The van der Waals surface area contributed by atoms with E-state index in [9.17, 15) is 4.79 Å². The molecule has 0 spiro atoms. The Bertz CT molecular complexity index is 625. The lowest BCUT2D eigenvalue weighted by molar-refractivity contribution is 0.0823. The van der Waals surface area contributed by atoms with E-state index in [4.69, 9.17) is 9.47 Å². The van der Waals surface area contributed by atoms with Gasteiger partial charge in [-0.3, -0.25) is 4.79 Å². The molecule has 0 heterocycles. The molecule has 0 radical (unpaired) electrons. The number of fused-ring (bicyclic) bond motifs is 2. The lowest BCUT2D eigenvalue weighted by Gasteiger charge is -2.39. The average Bonchev–Trinajstić information content (AvgIpc) is 2.87. The number of carbonyl (C=O) groups is 1. The average molecular weight is 317 g/mol. The standard InChI is InChI=1S/C19H27NO3/c1-18(2)12-8-9-19(18,3)16(10-12)20-17(21)14-7-6-13(22-4)11-15(14)23-5/h6-7,11-12,16H,8-10H2,1-5H3,(H,20,21). The number of nitrogens with one attached hydrogen (secondary N) is 1. The Hall–Kier alpha value is -1.71. The maximum absolute atomic E-state index is 12.8. The lowest BCUT2D eigenvalue weighted by atomic mass is 9.69. The van der Waals surface area contributed by atoms with Crippen LogP contribution in [0, 0.1) is 16.7 Å². The molecular weight excluding hydrogens is 290 g/mol. The maximum atomic E-state index is 12.8. The van der Waals surface area contributed by atoms with Gasteiger partial charge >= 0.3 is 0 Å². The molecular formula is C19H27NO3. The highest BCUT2D eigenvalue weighted by Gasteiger charge is 2.61. The van der Waals surface area contributed by atoms with Gasteiger partial charge in [0.15, 0.2) is 0 Å². The van der Waals surface area contributed by atoms with Gasteiger partial charge in [-0.05, 0) is 48.1 Å². The van der Waals surface area contributed by atoms with Crippen molar-refractivity contribution in [3.8, 4) is 11.5 Å². The first-order valence-electron chi connectivity index (χ1n) is 8.36. The number of benzene rings is 1. The summed E-state index contributed by atoms with van der Waals surface area (Å²) >= 11 is 0. The minimum atomic E-state index is -0.0564. The minimum absolute atomic E-state index is 0.0564. The summed E-state index contributed by atoms with van der Waals surface area (Å²) in [5, 5.41) is 3.28. The van der Waals surface area contributed by atoms with Gasteiger partial charge in [-0.2, -0.15) is 0 Å². The Morgan fingerprint density at radius 2 is 1.96 bits per heavy atom. The number of methoxy groups -OCH3 is 2. The molecule has 0 aromatic heterocycles. The van der Waals surface area contributed by atoms with Crippen molar-refractivity contribution in [1.29, 1.82) is 0 Å². The van der Waals surface area contributed by atoms with Crippen molar-refractivity contribution >= 4 is 5.91 Å². The van der Waals surface area contributed by atoms with E-state index in [2.05, 4.69) is 26.1 Å². The Balaban J connectivity index is 1.81. The van der Waals surface area contributed by atoms with Crippen molar-refractivity contribution in [2.24, 2.45) is 16.7 Å². The fraction of sp³-hybridized carbons (Fsp3) is 0.632. The summed E-state index contributed by atoms with van der Waals surface area (Å²) in [6, 6.07) is 5.55. The SMILES string of the molecule is COc1ccc(C(=O)NC2CC3CCC2(C)C3(C)C)c(OC)c1. The largest absolute Gasteiger partial charge is 0.497 e. The first kappa shape index (κ1) is 16.2. The van der Waals surface area contributed by atoms with Gasteiger partial charge in [0.2, 0.25) is 0 Å². The highest BCUT2D eigenvalue weighted by atomic mass is 16.5. The van der Waals surface area contributed by atoms with Gasteiger partial charge in [0.25, 0.3) is 5.91 Å². The smallest absolute Gasteiger partial charge is 0.255 e. The molecule has 3 rings (SSSR count). The Kier molecular flexibility index (Phi) is 3.81. The molecule has 1 N–H and O–H groups in total. The highest BCUT2D eigenvalue weighted by Crippen LogP contribution is 2.65. The van der Waals surface area contributed by atoms with Crippen LogP contribution in [0.3, 0.4) is 0 Å². The van der Waals surface area contributed by atoms with Crippen molar-refractivity contribution in [1.82, 2.24) is 5.32 Å². The lowest BCUT2D eigenvalue weighted by Crippen LogP contribution is -2.46. The summed E-state index contributed by atoms with van der Waals surface area (Å²) in [6.45, 7) is 7.03. The first-order valence-corrected chi connectivity index (χ1v) is 8.36. The number of rotatable bonds is 4. The summed E-state index contributed by atoms with van der Waals surface area (Å²) in [7, 11) is 3.18. The fourth-order valence-electron chi connectivity index (χ4n) is 4.64. The zero-order valence-corrected chi connectivity index (χ0v) is 14.7. The van der Waals surface area contributed by atoms with E-state index in [-0.39, 0.29) is 22.8 Å². The second-order valence-electron chi connectivity index (χ2n) is 7.70. The van der Waals surface area contributed by atoms with E-state index in [1.165, 1.54) is 12.8 Å². The third kappa shape index (κ3) is 2.30. The Morgan fingerprint density at radius 1 is 1.22 bits per heavy atom. The number of amides is 1. The number of hydrogen-bond donors (Lipinski definition) is 1. The molecule has 3 unspecified atom stereocenters. The molecule has 2 aliphatic carbocycles. The maximum Gasteiger partial charge on any atom is 0.255 e. The van der Waals surface area contributed by atoms with Crippen molar-refractivity contribution in [3.05, 3.63) is 23.8 Å². The Labute approximate surface area is 138 Å². The van der Waals surface area contributed by atoms with Gasteiger partial charge < -0.3 is 14.8 Å². The normalized spacial score (nSPS) is 31.0. The molecule has 1 amide bonds. The molecule has 3 atom stereocenters. The molecule has 2 saturated carbocycles. The second-order valence-corrected chi connectivity index (χ2v) is 7.70.